The van der Waals surface area contributed by atoms with Crippen LogP contribution in [0.1, 0.15) is 29.2 Å². The molecule has 31 heavy (non-hydrogen) atoms. The van der Waals surface area contributed by atoms with Gasteiger partial charge in [0.15, 0.2) is 11.5 Å². The number of hydrogen-bond donors (Lipinski definition) is 2. The highest BCUT2D eigenvalue weighted by Gasteiger charge is 2.38. The van der Waals surface area contributed by atoms with E-state index < -0.39 is 41.4 Å². The van der Waals surface area contributed by atoms with Gasteiger partial charge in [-0.05, 0) is 18.2 Å². The standard InChI is InChI=1S/C20H17ClF3NO5S/c1-28-14-5-3-4-9(18(14)29-2)17-10-6-12(21)11(20(22,23)24)7-13(10)25-19(31)15(30-17)8-16(26)27/h3-7,15,17H,8H2,1-2H3,(H,25,31)(H,26,27). The minimum atomic E-state index is -4.70. The van der Waals surface area contributed by atoms with Crippen molar-refractivity contribution in [3.8, 4) is 11.5 Å². The van der Waals surface area contributed by atoms with Gasteiger partial charge in [0.2, 0.25) is 0 Å². The summed E-state index contributed by atoms with van der Waals surface area (Å²) >= 11 is 11.2. The zero-order chi connectivity index (χ0) is 22.9. The molecular weight excluding hydrogens is 459 g/mol. The van der Waals surface area contributed by atoms with Crippen LogP contribution in [-0.2, 0) is 15.7 Å². The maximum atomic E-state index is 13.4. The Morgan fingerprint density at radius 1 is 1.26 bits per heavy atom. The molecule has 11 heteroatoms. The Bertz CT molecular complexity index is 1030. The number of methoxy groups -OCH3 is 2. The number of hydrogen-bond acceptors (Lipinski definition) is 5. The van der Waals surface area contributed by atoms with Crippen molar-refractivity contribution in [2.45, 2.75) is 24.8 Å². The Hall–Kier alpha value is -2.56. The molecule has 2 N–H and O–H groups in total. The van der Waals surface area contributed by atoms with E-state index in [4.69, 9.17) is 38.0 Å². The summed E-state index contributed by atoms with van der Waals surface area (Å²) in [5.41, 5.74) is -0.415. The van der Waals surface area contributed by atoms with Crippen molar-refractivity contribution in [1.29, 1.82) is 0 Å². The lowest BCUT2D eigenvalue weighted by molar-refractivity contribution is -0.140. The number of halogens is 4. The van der Waals surface area contributed by atoms with Gasteiger partial charge in [0.05, 0.1) is 31.2 Å². The summed E-state index contributed by atoms with van der Waals surface area (Å²) in [4.78, 5) is 11.3. The molecule has 0 fully saturated rings. The van der Waals surface area contributed by atoms with E-state index in [2.05, 4.69) is 5.32 Å². The fourth-order valence-corrected chi connectivity index (χ4v) is 3.83. The number of fused-ring (bicyclic) bond motifs is 1. The summed E-state index contributed by atoms with van der Waals surface area (Å²) in [6.45, 7) is 0. The smallest absolute Gasteiger partial charge is 0.417 e. The number of rotatable bonds is 5. The molecule has 1 aliphatic heterocycles. The highest BCUT2D eigenvalue weighted by Crippen LogP contribution is 2.46. The SMILES string of the molecule is COc1cccc(C2OC(CC(=O)O)C(=S)Nc3cc(C(F)(F)F)c(Cl)cc32)c1OC. The van der Waals surface area contributed by atoms with Crippen molar-refractivity contribution in [1.82, 2.24) is 0 Å². The number of carbonyl (C=O) groups is 1. The Kier molecular flexibility index (Phi) is 6.63. The molecule has 0 saturated heterocycles. The van der Waals surface area contributed by atoms with Gasteiger partial charge in [0.25, 0.3) is 0 Å². The van der Waals surface area contributed by atoms with Gasteiger partial charge in [0, 0.05) is 16.8 Å². The molecule has 2 unspecified atom stereocenters. The van der Waals surface area contributed by atoms with Crippen LogP contribution in [0.4, 0.5) is 18.9 Å². The van der Waals surface area contributed by atoms with Crippen LogP contribution >= 0.6 is 23.8 Å². The summed E-state index contributed by atoms with van der Waals surface area (Å²) in [5.74, 6) is -0.554. The molecule has 1 heterocycles. The van der Waals surface area contributed by atoms with Crippen LogP contribution in [0.2, 0.25) is 5.02 Å². The van der Waals surface area contributed by atoms with Crippen LogP contribution in [0.5, 0.6) is 11.5 Å². The highest BCUT2D eigenvalue weighted by molar-refractivity contribution is 7.80. The summed E-state index contributed by atoms with van der Waals surface area (Å²) in [7, 11) is 2.83. The summed E-state index contributed by atoms with van der Waals surface area (Å²) in [5, 5.41) is 11.4. The summed E-state index contributed by atoms with van der Waals surface area (Å²) in [6.07, 6.45) is -7.36. The van der Waals surface area contributed by atoms with Gasteiger partial charge in [-0.2, -0.15) is 13.2 Å². The van der Waals surface area contributed by atoms with Gasteiger partial charge in [-0.15, -0.1) is 0 Å². The van der Waals surface area contributed by atoms with E-state index >= 15 is 0 Å². The number of alkyl halides is 3. The third-order valence-electron chi connectivity index (χ3n) is 4.65. The lowest BCUT2D eigenvalue weighted by Crippen LogP contribution is -2.30. The zero-order valence-corrected chi connectivity index (χ0v) is 17.8. The zero-order valence-electron chi connectivity index (χ0n) is 16.2. The van der Waals surface area contributed by atoms with Crippen molar-refractivity contribution in [2.75, 3.05) is 19.5 Å². The van der Waals surface area contributed by atoms with Crippen LogP contribution in [0.25, 0.3) is 0 Å². The second-order valence-electron chi connectivity index (χ2n) is 6.59. The first-order chi connectivity index (χ1) is 14.6. The quantitative estimate of drug-likeness (QED) is 0.584. The van der Waals surface area contributed by atoms with Gasteiger partial charge in [-0.1, -0.05) is 36.0 Å². The van der Waals surface area contributed by atoms with E-state index in [0.29, 0.717) is 11.3 Å². The van der Waals surface area contributed by atoms with Crippen LogP contribution in [-0.4, -0.2) is 36.4 Å². The molecule has 0 radical (unpaired) electrons. The number of aliphatic carboxylic acids is 1. The highest BCUT2D eigenvalue weighted by atomic mass is 35.5. The number of para-hydroxylation sites is 1. The summed E-state index contributed by atoms with van der Waals surface area (Å²) < 4.78 is 57.0. The van der Waals surface area contributed by atoms with E-state index in [1.54, 1.807) is 18.2 Å². The number of thiocarbonyl (C=S) groups is 1. The van der Waals surface area contributed by atoms with E-state index in [1.807, 2.05) is 0 Å². The molecular formula is C20H17ClF3NO5S. The Morgan fingerprint density at radius 3 is 2.55 bits per heavy atom. The number of benzene rings is 2. The van der Waals surface area contributed by atoms with Crippen molar-refractivity contribution >= 4 is 40.5 Å². The molecule has 2 atom stereocenters. The van der Waals surface area contributed by atoms with E-state index in [1.165, 1.54) is 14.2 Å². The Balaban J connectivity index is 2.25. The average Bonchev–Trinajstić information content (AvgIpc) is 2.82. The Labute approximate surface area is 185 Å². The average molecular weight is 476 g/mol. The normalized spacial score (nSPS) is 18.6. The lowest BCUT2D eigenvalue weighted by atomic mass is 9.96. The molecule has 0 spiro atoms. The van der Waals surface area contributed by atoms with Gasteiger partial charge in [0.1, 0.15) is 17.2 Å². The number of anilines is 1. The molecule has 166 valence electrons. The number of carboxylic acid groups (broad SMARTS) is 1. The Morgan fingerprint density at radius 2 is 1.97 bits per heavy atom. The van der Waals surface area contributed by atoms with Crippen LogP contribution < -0.4 is 14.8 Å². The van der Waals surface area contributed by atoms with Crippen molar-refractivity contribution in [2.24, 2.45) is 0 Å². The number of carboxylic acids is 1. The molecule has 3 rings (SSSR count). The maximum Gasteiger partial charge on any atom is 0.417 e. The third kappa shape index (κ3) is 4.70. The first kappa shape index (κ1) is 23.1. The predicted octanol–water partition coefficient (Wildman–Crippen LogP) is 5.08. The molecule has 6 nitrogen and oxygen atoms in total. The molecule has 0 aromatic heterocycles. The monoisotopic (exact) mass is 475 g/mol. The van der Waals surface area contributed by atoms with Gasteiger partial charge in [-0.25, -0.2) is 0 Å². The van der Waals surface area contributed by atoms with E-state index in [0.717, 1.165) is 12.1 Å². The van der Waals surface area contributed by atoms with Crippen molar-refractivity contribution < 1.29 is 37.3 Å². The second kappa shape index (κ2) is 8.89. The minimum Gasteiger partial charge on any atom is -0.493 e. The van der Waals surface area contributed by atoms with Gasteiger partial charge >= 0.3 is 12.1 Å². The van der Waals surface area contributed by atoms with E-state index in [9.17, 15) is 23.1 Å². The molecule has 1 aliphatic rings. The van der Waals surface area contributed by atoms with Crippen molar-refractivity contribution in [3.63, 3.8) is 0 Å². The topological polar surface area (TPSA) is 77.0 Å². The number of ether oxygens (including phenoxy) is 3. The fraction of sp³-hybridized carbons (Fsp3) is 0.300. The summed E-state index contributed by atoms with van der Waals surface area (Å²) in [6, 6.07) is 6.87. The first-order valence-corrected chi connectivity index (χ1v) is 9.65. The van der Waals surface area contributed by atoms with Crippen LogP contribution in [0.3, 0.4) is 0 Å². The predicted molar refractivity (Wildman–Crippen MR) is 111 cm³/mol. The molecule has 0 saturated carbocycles. The van der Waals surface area contributed by atoms with Gasteiger partial charge in [-0.3, -0.25) is 4.79 Å². The third-order valence-corrected chi connectivity index (χ3v) is 5.33. The number of nitrogens with one attached hydrogen (secondary N) is 1. The van der Waals surface area contributed by atoms with E-state index in [-0.39, 0.29) is 22.0 Å². The molecule has 0 aliphatic carbocycles. The lowest BCUT2D eigenvalue weighted by Gasteiger charge is -2.24. The van der Waals surface area contributed by atoms with Crippen LogP contribution in [0.15, 0.2) is 30.3 Å². The maximum absolute atomic E-state index is 13.4. The molecule has 2 aromatic rings. The van der Waals surface area contributed by atoms with Crippen LogP contribution in [0, 0.1) is 0 Å². The molecule has 0 bridgehead atoms. The largest absolute Gasteiger partial charge is 0.493 e. The minimum absolute atomic E-state index is 0.00415. The fourth-order valence-electron chi connectivity index (χ4n) is 3.30. The first-order valence-electron chi connectivity index (χ1n) is 8.86. The van der Waals surface area contributed by atoms with Gasteiger partial charge < -0.3 is 24.6 Å². The molecule has 0 amide bonds. The molecule has 2 aromatic carbocycles. The second-order valence-corrected chi connectivity index (χ2v) is 7.44. The van der Waals surface area contributed by atoms with Crippen molar-refractivity contribution in [3.05, 3.63) is 52.0 Å².